The number of carbonyl (C=O) groups is 1. The maximum absolute atomic E-state index is 11.6. The second-order valence-electron chi connectivity index (χ2n) is 4.51. The molecule has 2 aromatic heterocycles. The van der Waals surface area contributed by atoms with Crippen molar-refractivity contribution in [1.82, 2.24) is 15.3 Å². The number of hydrogen-bond acceptors (Lipinski definition) is 5. The number of carbonyl (C=O) groups excluding carboxylic acids is 1. The van der Waals surface area contributed by atoms with Gasteiger partial charge in [-0.3, -0.25) is 4.79 Å². The topological polar surface area (TPSA) is 66.9 Å². The van der Waals surface area contributed by atoms with E-state index in [4.69, 9.17) is 0 Å². The summed E-state index contributed by atoms with van der Waals surface area (Å²) in [5, 5.41) is 8.07. The molecule has 0 bridgehead atoms. The fraction of sp³-hybridized carbons (Fsp3) is 0.417. The van der Waals surface area contributed by atoms with Crippen LogP contribution in [-0.4, -0.2) is 28.5 Å². The summed E-state index contributed by atoms with van der Waals surface area (Å²) in [6.07, 6.45) is 3.74. The third-order valence-corrected chi connectivity index (χ3v) is 3.98. The molecule has 0 unspecified atom stereocenters. The Kier molecular flexibility index (Phi) is 2.87. The highest BCUT2D eigenvalue weighted by atomic mass is 32.1. The van der Waals surface area contributed by atoms with Crippen molar-refractivity contribution in [3.8, 4) is 0 Å². The van der Waals surface area contributed by atoms with E-state index >= 15 is 0 Å². The Hall–Kier alpha value is -1.69. The van der Waals surface area contributed by atoms with E-state index in [0.717, 1.165) is 34.4 Å². The van der Waals surface area contributed by atoms with Crippen LogP contribution in [0.3, 0.4) is 0 Å². The van der Waals surface area contributed by atoms with Gasteiger partial charge in [0, 0.05) is 6.04 Å². The summed E-state index contributed by atoms with van der Waals surface area (Å²) in [4.78, 5) is 20.0. The molecule has 0 saturated heterocycles. The lowest BCUT2D eigenvalue weighted by molar-refractivity contribution is -0.119. The van der Waals surface area contributed by atoms with E-state index in [1.54, 1.807) is 11.3 Å². The zero-order valence-corrected chi connectivity index (χ0v) is 10.9. The van der Waals surface area contributed by atoms with Crippen molar-refractivity contribution < 1.29 is 4.79 Å². The van der Waals surface area contributed by atoms with E-state index in [-0.39, 0.29) is 12.5 Å². The van der Waals surface area contributed by atoms with Crippen molar-refractivity contribution in [2.75, 3.05) is 11.9 Å². The van der Waals surface area contributed by atoms with Gasteiger partial charge in [0.05, 0.1) is 16.8 Å². The number of nitrogens with zero attached hydrogens (tertiary/aromatic N) is 2. The van der Waals surface area contributed by atoms with Crippen molar-refractivity contribution in [2.24, 2.45) is 0 Å². The van der Waals surface area contributed by atoms with Crippen LogP contribution in [0.1, 0.15) is 18.4 Å². The second-order valence-corrected chi connectivity index (χ2v) is 5.39. The Morgan fingerprint density at radius 3 is 3.11 bits per heavy atom. The Balaban J connectivity index is 1.71. The van der Waals surface area contributed by atoms with Crippen molar-refractivity contribution in [2.45, 2.75) is 25.8 Å². The summed E-state index contributed by atoms with van der Waals surface area (Å²) in [7, 11) is 0. The summed E-state index contributed by atoms with van der Waals surface area (Å²) in [5.41, 5.74) is 2.10. The van der Waals surface area contributed by atoms with E-state index in [9.17, 15) is 4.79 Å². The Labute approximate surface area is 109 Å². The fourth-order valence-electron chi connectivity index (χ4n) is 1.77. The zero-order valence-electron chi connectivity index (χ0n) is 10.1. The normalized spacial score (nSPS) is 14.7. The average Bonchev–Trinajstić information content (AvgIpc) is 3.10. The van der Waals surface area contributed by atoms with Crippen LogP contribution in [0, 0.1) is 6.92 Å². The van der Waals surface area contributed by atoms with Crippen molar-refractivity contribution >= 4 is 33.3 Å². The Morgan fingerprint density at radius 1 is 1.50 bits per heavy atom. The SMILES string of the molecule is Cc1csc2c(NCC(=O)NC3CC3)ncnc12. The van der Waals surface area contributed by atoms with Crippen LogP contribution in [0.2, 0.25) is 0 Å². The molecule has 0 aromatic carbocycles. The molecular weight excluding hydrogens is 248 g/mol. The highest BCUT2D eigenvalue weighted by molar-refractivity contribution is 7.18. The number of hydrogen-bond donors (Lipinski definition) is 2. The van der Waals surface area contributed by atoms with Crippen LogP contribution < -0.4 is 10.6 Å². The Morgan fingerprint density at radius 2 is 2.33 bits per heavy atom. The van der Waals surface area contributed by atoms with Gasteiger partial charge in [-0.2, -0.15) is 0 Å². The molecule has 2 aromatic rings. The lowest BCUT2D eigenvalue weighted by atomic mass is 10.3. The minimum atomic E-state index is 0.0255. The first-order valence-corrected chi connectivity index (χ1v) is 6.84. The van der Waals surface area contributed by atoms with Gasteiger partial charge in [-0.25, -0.2) is 9.97 Å². The van der Waals surface area contributed by atoms with E-state index in [1.807, 2.05) is 6.92 Å². The van der Waals surface area contributed by atoms with Gasteiger partial charge in [-0.15, -0.1) is 11.3 Å². The number of thiophene rings is 1. The van der Waals surface area contributed by atoms with Gasteiger partial charge >= 0.3 is 0 Å². The standard InChI is InChI=1S/C12H14N4OS/c1-7-5-18-11-10(7)14-6-15-12(11)13-4-9(17)16-8-2-3-8/h5-6,8H,2-4H2,1H3,(H,16,17)(H,13,14,15). The lowest BCUT2D eigenvalue weighted by Gasteiger charge is -2.06. The highest BCUT2D eigenvalue weighted by Crippen LogP contribution is 2.28. The maximum atomic E-state index is 11.6. The molecule has 6 heteroatoms. The first-order chi connectivity index (χ1) is 8.74. The molecular formula is C12H14N4OS. The van der Waals surface area contributed by atoms with Gasteiger partial charge in [0.2, 0.25) is 5.91 Å². The van der Waals surface area contributed by atoms with Crippen LogP contribution in [0.15, 0.2) is 11.7 Å². The third kappa shape index (κ3) is 2.28. The van der Waals surface area contributed by atoms with Gasteiger partial charge in [-0.1, -0.05) is 0 Å². The van der Waals surface area contributed by atoms with E-state index in [1.165, 1.54) is 6.33 Å². The minimum absolute atomic E-state index is 0.0255. The molecule has 0 atom stereocenters. The number of anilines is 1. The molecule has 5 nitrogen and oxygen atoms in total. The quantitative estimate of drug-likeness (QED) is 0.880. The van der Waals surface area contributed by atoms with Gasteiger partial charge in [0.15, 0.2) is 0 Å². The third-order valence-electron chi connectivity index (χ3n) is 2.89. The number of fused-ring (bicyclic) bond motifs is 1. The largest absolute Gasteiger partial charge is 0.360 e. The predicted molar refractivity (Wildman–Crippen MR) is 71.8 cm³/mol. The fourth-order valence-corrected chi connectivity index (χ4v) is 2.73. The molecule has 18 heavy (non-hydrogen) atoms. The van der Waals surface area contributed by atoms with E-state index in [0.29, 0.717) is 6.04 Å². The molecule has 3 rings (SSSR count). The second kappa shape index (κ2) is 4.53. The molecule has 94 valence electrons. The number of rotatable bonds is 4. The molecule has 1 aliphatic carbocycles. The summed E-state index contributed by atoms with van der Waals surface area (Å²) in [6, 6.07) is 0.397. The molecule has 2 heterocycles. The molecule has 2 N–H and O–H groups in total. The van der Waals surface area contributed by atoms with Crippen molar-refractivity contribution in [3.63, 3.8) is 0 Å². The molecule has 1 fully saturated rings. The minimum Gasteiger partial charge on any atom is -0.360 e. The van der Waals surface area contributed by atoms with E-state index in [2.05, 4.69) is 26.0 Å². The molecule has 0 radical (unpaired) electrons. The average molecular weight is 262 g/mol. The molecule has 1 amide bonds. The van der Waals surface area contributed by atoms with Crippen LogP contribution in [0.25, 0.3) is 10.2 Å². The summed E-state index contributed by atoms with van der Waals surface area (Å²) in [5.74, 6) is 0.765. The van der Waals surface area contributed by atoms with Crippen LogP contribution >= 0.6 is 11.3 Å². The summed E-state index contributed by atoms with van der Waals surface area (Å²) in [6.45, 7) is 2.29. The van der Waals surface area contributed by atoms with Crippen LogP contribution in [-0.2, 0) is 4.79 Å². The number of aromatic nitrogens is 2. The monoisotopic (exact) mass is 262 g/mol. The smallest absolute Gasteiger partial charge is 0.239 e. The number of amides is 1. The molecule has 0 spiro atoms. The van der Waals surface area contributed by atoms with Crippen LogP contribution in [0.5, 0.6) is 0 Å². The van der Waals surface area contributed by atoms with Gasteiger partial charge in [-0.05, 0) is 30.7 Å². The maximum Gasteiger partial charge on any atom is 0.239 e. The lowest BCUT2D eigenvalue weighted by Crippen LogP contribution is -2.31. The van der Waals surface area contributed by atoms with Crippen LogP contribution in [0.4, 0.5) is 5.82 Å². The molecule has 1 aliphatic rings. The first kappa shape index (κ1) is 11.4. The predicted octanol–water partition coefficient (Wildman–Crippen LogP) is 1.69. The zero-order chi connectivity index (χ0) is 12.5. The van der Waals surface area contributed by atoms with E-state index < -0.39 is 0 Å². The highest BCUT2D eigenvalue weighted by Gasteiger charge is 2.23. The first-order valence-electron chi connectivity index (χ1n) is 5.96. The van der Waals surface area contributed by atoms with Crippen molar-refractivity contribution in [1.29, 1.82) is 0 Å². The van der Waals surface area contributed by atoms with Crippen molar-refractivity contribution in [3.05, 3.63) is 17.3 Å². The van der Waals surface area contributed by atoms with Gasteiger partial charge in [0.1, 0.15) is 12.1 Å². The number of aryl methyl sites for hydroxylation is 1. The number of nitrogens with one attached hydrogen (secondary N) is 2. The van der Waals surface area contributed by atoms with Gasteiger partial charge < -0.3 is 10.6 Å². The summed E-state index contributed by atoms with van der Waals surface area (Å²) >= 11 is 1.60. The van der Waals surface area contributed by atoms with Gasteiger partial charge in [0.25, 0.3) is 0 Å². The Bertz CT molecular complexity index is 591. The summed E-state index contributed by atoms with van der Waals surface area (Å²) < 4.78 is 1.01. The molecule has 0 aliphatic heterocycles. The molecule has 1 saturated carbocycles.